The highest BCUT2D eigenvalue weighted by atomic mass is 35.5. The lowest BCUT2D eigenvalue weighted by Crippen LogP contribution is -2.39. The number of carbonyl (C=O) groups excluding carboxylic acids is 3. The Morgan fingerprint density at radius 3 is 1.49 bits per heavy atom. The maximum atomic E-state index is 13.4. The van der Waals surface area contributed by atoms with E-state index in [0.29, 0.717) is 81.7 Å². The van der Waals surface area contributed by atoms with Crippen LogP contribution in [0.4, 0.5) is 20.4 Å². The van der Waals surface area contributed by atoms with Crippen LogP contribution in [0.1, 0.15) is 91.2 Å². The Bertz CT molecular complexity index is 3410. The van der Waals surface area contributed by atoms with Gasteiger partial charge in [0.25, 0.3) is 5.91 Å². The zero-order valence-corrected chi connectivity index (χ0v) is 45.7. The molecule has 0 unspecified atom stereocenters. The second-order valence-corrected chi connectivity index (χ2v) is 21.3. The van der Waals surface area contributed by atoms with E-state index in [1.165, 1.54) is 15.6 Å². The van der Waals surface area contributed by atoms with Crippen LogP contribution in [0, 0.1) is 13.8 Å². The van der Waals surface area contributed by atoms with Crippen molar-refractivity contribution < 1.29 is 33.1 Å². The van der Waals surface area contributed by atoms with Gasteiger partial charge in [-0.05, 0) is 208 Å². The molecule has 78 heavy (non-hydrogen) atoms. The number of halogens is 3. The van der Waals surface area contributed by atoms with Crippen molar-refractivity contribution in [3.63, 3.8) is 0 Å². The number of fused-ring (bicyclic) bond motifs is 2. The number of rotatable bonds is 14. The van der Waals surface area contributed by atoms with Crippen LogP contribution in [-0.2, 0) is 22.4 Å². The number of hydrogen-bond donors (Lipinski definition) is 4. The SMILES string of the molecule is Cc1cc(-c2ccc(C(=O)N3CCC(F)CC3)cn2)cc2cc(CCC(=O)/C=C/c3ccc(N)nc3)sc12.Cc1cc(-c2ccc(C(=O)O)cn2)cc2cc(CCC(=O)/C=C/c3ccc(N)nc3)sc12.Cl.FC1CCNCC1. The number of piperidine rings is 2. The number of amides is 1. The molecular formula is C60H61ClF2N8O5S2. The van der Waals surface area contributed by atoms with E-state index in [0.717, 1.165) is 78.4 Å². The summed E-state index contributed by atoms with van der Waals surface area (Å²) in [7, 11) is 0. The first-order chi connectivity index (χ1) is 37.1. The molecule has 2 aliphatic heterocycles. The van der Waals surface area contributed by atoms with Crippen molar-refractivity contribution in [1.82, 2.24) is 30.2 Å². The van der Waals surface area contributed by atoms with Crippen molar-refractivity contribution in [1.29, 1.82) is 0 Å². The van der Waals surface area contributed by atoms with E-state index in [-0.39, 0.29) is 35.4 Å². The number of carbonyl (C=O) groups is 4. The number of aryl methyl sites for hydroxylation is 4. The van der Waals surface area contributed by atoms with Crippen molar-refractivity contribution in [3.05, 3.63) is 165 Å². The molecule has 8 aromatic rings. The lowest BCUT2D eigenvalue weighted by Gasteiger charge is -2.28. The molecule has 2 aliphatic rings. The summed E-state index contributed by atoms with van der Waals surface area (Å²) in [5.74, 6) is -0.0769. The minimum absolute atomic E-state index is 0. The number of thiophene rings is 2. The van der Waals surface area contributed by atoms with Crippen LogP contribution in [0.25, 0.3) is 54.8 Å². The molecule has 8 heterocycles. The van der Waals surface area contributed by atoms with Crippen LogP contribution < -0.4 is 16.8 Å². The van der Waals surface area contributed by atoms with Crippen molar-refractivity contribution in [2.45, 2.75) is 77.6 Å². The highest BCUT2D eigenvalue weighted by Crippen LogP contribution is 2.35. The summed E-state index contributed by atoms with van der Waals surface area (Å²) in [5.41, 5.74) is 19.2. The zero-order chi connectivity index (χ0) is 54.4. The lowest BCUT2D eigenvalue weighted by molar-refractivity contribution is -0.115. The molecule has 0 radical (unpaired) electrons. The quantitative estimate of drug-likeness (QED) is 0.0750. The smallest absolute Gasteiger partial charge is 0.337 e. The molecule has 1 amide bonds. The third kappa shape index (κ3) is 16.2. The number of hydrogen-bond acceptors (Lipinski definition) is 13. The van der Waals surface area contributed by atoms with Crippen molar-refractivity contribution in [3.8, 4) is 22.5 Å². The average molecular weight is 1110 g/mol. The number of alkyl halides is 2. The van der Waals surface area contributed by atoms with Gasteiger partial charge in [0, 0.05) is 81.0 Å². The molecule has 13 nitrogen and oxygen atoms in total. The van der Waals surface area contributed by atoms with Crippen molar-refractivity contribution in [2.75, 3.05) is 37.6 Å². The average Bonchev–Trinajstić information content (AvgIpc) is 4.15. The number of allylic oxidation sites excluding steroid dienone is 2. The Balaban J connectivity index is 0.000000200. The van der Waals surface area contributed by atoms with Crippen LogP contribution in [0.15, 0.2) is 122 Å². The predicted molar refractivity (Wildman–Crippen MR) is 313 cm³/mol. The van der Waals surface area contributed by atoms with Gasteiger partial charge in [0.1, 0.15) is 24.0 Å². The number of likely N-dealkylation sites (tertiary alicyclic amines) is 1. The molecule has 0 saturated carbocycles. The first-order valence-corrected chi connectivity index (χ1v) is 27.1. The normalized spacial score (nSPS) is 13.9. The van der Waals surface area contributed by atoms with Gasteiger partial charge in [-0.1, -0.05) is 0 Å². The molecular weight excluding hydrogens is 1050 g/mol. The number of nitrogens with two attached hydrogens (primary N) is 2. The van der Waals surface area contributed by atoms with Gasteiger partial charge in [-0.3, -0.25) is 24.4 Å². The van der Waals surface area contributed by atoms with Gasteiger partial charge in [-0.25, -0.2) is 23.5 Å². The van der Waals surface area contributed by atoms with Gasteiger partial charge < -0.3 is 26.8 Å². The molecule has 18 heteroatoms. The van der Waals surface area contributed by atoms with E-state index in [1.54, 1.807) is 101 Å². The highest BCUT2D eigenvalue weighted by molar-refractivity contribution is 7.19. The number of carboxylic acids is 1. The topological polar surface area (TPSA) is 207 Å². The summed E-state index contributed by atoms with van der Waals surface area (Å²) in [6.07, 6.45) is 16.0. The van der Waals surface area contributed by atoms with E-state index >= 15 is 0 Å². The number of anilines is 2. The molecule has 6 N–H and O–H groups in total. The molecule has 2 fully saturated rings. The fourth-order valence-corrected chi connectivity index (χ4v) is 11.0. The van der Waals surface area contributed by atoms with E-state index in [1.807, 2.05) is 25.1 Å². The molecule has 0 aliphatic carbocycles. The van der Waals surface area contributed by atoms with Crippen LogP contribution in [0.3, 0.4) is 0 Å². The second kappa shape index (κ2) is 27.7. The Kier molecular flexibility index (Phi) is 20.6. The summed E-state index contributed by atoms with van der Waals surface area (Å²) in [6, 6.07) is 26.6. The minimum atomic E-state index is -0.993. The van der Waals surface area contributed by atoms with Crippen molar-refractivity contribution in [2.24, 2.45) is 0 Å². The number of aromatic nitrogens is 4. The van der Waals surface area contributed by atoms with Gasteiger partial charge in [0.15, 0.2) is 11.6 Å². The molecule has 0 bridgehead atoms. The van der Waals surface area contributed by atoms with Crippen LogP contribution in [-0.4, -0.2) is 91.9 Å². The Labute approximate surface area is 466 Å². The molecule has 2 saturated heterocycles. The monoisotopic (exact) mass is 1110 g/mol. The van der Waals surface area contributed by atoms with E-state index in [9.17, 15) is 28.0 Å². The number of nitrogens with zero attached hydrogens (tertiary/aromatic N) is 5. The first-order valence-electron chi connectivity index (χ1n) is 25.5. The van der Waals surface area contributed by atoms with Crippen LogP contribution in [0.5, 0.6) is 0 Å². The van der Waals surface area contributed by atoms with E-state index in [2.05, 4.69) is 68.6 Å². The number of nitrogen functional groups attached to an aromatic ring is 2. The largest absolute Gasteiger partial charge is 0.478 e. The van der Waals surface area contributed by atoms with Gasteiger partial charge in [-0.2, -0.15) is 0 Å². The number of aromatic carboxylic acids is 1. The number of nitrogens with one attached hydrogen (secondary N) is 1. The van der Waals surface area contributed by atoms with Crippen LogP contribution in [0.2, 0.25) is 0 Å². The highest BCUT2D eigenvalue weighted by Gasteiger charge is 2.24. The fourth-order valence-electron chi connectivity index (χ4n) is 8.78. The first kappa shape index (κ1) is 58.1. The third-order valence-corrected chi connectivity index (χ3v) is 15.8. The number of carboxylic acid groups (broad SMARTS) is 1. The second-order valence-electron chi connectivity index (χ2n) is 19.0. The summed E-state index contributed by atoms with van der Waals surface area (Å²) >= 11 is 3.40. The zero-order valence-electron chi connectivity index (χ0n) is 43.3. The standard InChI is InChI=1S/C30H29FN4O2S.C25H21N3O3S.C5H10FN.ClH/c1-19-14-22(27-8-4-21(18-33-27)30(37)35-12-10-24(31)11-13-35)15-23-16-26(38-29(19)23)7-6-25(36)5-2-20-3-9-28(32)34-17-20;1-15-10-18(22-8-4-17(14-27-22)25(30)31)11-19-12-21(32-24(15)19)7-6-20(29)5-2-16-3-9-23(26)28-13-16;6-5-1-3-7-4-2-5;/h2-5,8-9,14-18,24H,6-7,10-13H2,1H3,(H2,32,34);2-5,8-14H,6-7H2,1H3,(H2,26,28)(H,30,31);5,7H,1-4H2;1H/b2*5-2+;;. The minimum Gasteiger partial charge on any atom is -0.478 e. The van der Waals surface area contributed by atoms with Gasteiger partial charge in [-0.15, -0.1) is 35.1 Å². The molecule has 404 valence electrons. The van der Waals surface area contributed by atoms with E-state index in [4.69, 9.17) is 16.6 Å². The number of benzene rings is 2. The van der Waals surface area contributed by atoms with Crippen molar-refractivity contribution >= 4 is 102 Å². The Hall–Kier alpha value is -7.57. The molecule has 0 spiro atoms. The Morgan fingerprint density at radius 2 is 1.09 bits per heavy atom. The van der Waals surface area contributed by atoms with E-state index < -0.39 is 18.3 Å². The molecule has 10 rings (SSSR count). The fraction of sp³-hybridized carbons (Fsp3) is 0.267. The summed E-state index contributed by atoms with van der Waals surface area (Å²) in [4.78, 5) is 69.4. The predicted octanol–water partition coefficient (Wildman–Crippen LogP) is 12.3. The number of ketones is 2. The molecule has 2 aromatic carbocycles. The van der Waals surface area contributed by atoms with Crippen LogP contribution >= 0.6 is 35.1 Å². The summed E-state index contributed by atoms with van der Waals surface area (Å²) in [6.45, 7) is 6.74. The summed E-state index contributed by atoms with van der Waals surface area (Å²) < 4.78 is 27.9. The maximum Gasteiger partial charge on any atom is 0.337 e. The molecule has 0 atom stereocenters. The number of pyridine rings is 4. The lowest BCUT2D eigenvalue weighted by atomic mass is 10.0. The van der Waals surface area contributed by atoms with Gasteiger partial charge in [0.2, 0.25) is 0 Å². The third-order valence-electron chi connectivity index (χ3n) is 13.1. The van der Waals surface area contributed by atoms with Gasteiger partial charge in [0.05, 0.1) is 22.5 Å². The summed E-state index contributed by atoms with van der Waals surface area (Å²) in [5, 5.41) is 14.3. The Morgan fingerprint density at radius 1 is 0.628 bits per heavy atom. The molecule has 6 aromatic heterocycles. The van der Waals surface area contributed by atoms with Gasteiger partial charge >= 0.3 is 5.97 Å². The maximum absolute atomic E-state index is 13.4.